The fourth-order valence-corrected chi connectivity index (χ4v) is 4.22. The maximum atomic E-state index is 12.1. The van der Waals surface area contributed by atoms with E-state index in [-0.39, 0.29) is 6.54 Å². The fraction of sp³-hybridized carbons (Fsp3) is 0.0500. The molecule has 0 amide bonds. The normalized spacial score (nSPS) is 12.1. The van der Waals surface area contributed by atoms with Gasteiger partial charge in [-0.2, -0.15) is 0 Å². The van der Waals surface area contributed by atoms with Crippen LogP contribution >= 0.6 is 11.3 Å². The Morgan fingerprint density at radius 3 is 2.59 bits per heavy atom. The van der Waals surface area contributed by atoms with Crippen LogP contribution in [0.25, 0.3) is 27.1 Å². The summed E-state index contributed by atoms with van der Waals surface area (Å²) in [5, 5.41) is 1.92. The molecule has 2 aromatic heterocycles. The molecule has 0 bridgehead atoms. The second-order valence-corrected chi connectivity index (χ2v) is 8.51. The third-order valence-electron chi connectivity index (χ3n) is 3.85. The molecule has 0 spiro atoms. The molecule has 0 atom stereocenters. The van der Waals surface area contributed by atoms with Crippen LogP contribution in [0.1, 0.15) is 11.3 Å². The minimum absolute atomic E-state index is 0.0758. The van der Waals surface area contributed by atoms with Crippen molar-refractivity contribution in [3.05, 3.63) is 83.5 Å². The number of thiazole rings is 1. The first kappa shape index (κ1) is 17.7. The lowest BCUT2D eigenvalue weighted by atomic mass is 10.2. The molecule has 4 aromatic rings. The van der Waals surface area contributed by atoms with Gasteiger partial charge in [0.25, 0.3) is 0 Å². The summed E-state index contributed by atoms with van der Waals surface area (Å²) in [7, 11) is -3.56. The van der Waals surface area contributed by atoms with E-state index < -0.39 is 10.0 Å². The molecule has 0 unspecified atom stereocenters. The van der Waals surface area contributed by atoms with Gasteiger partial charge in [0.2, 0.25) is 10.0 Å². The molecule has 0 aliphatic heterocycles. The molecular formula is C20H16N2O3S2. The van der Waals surface area contributed by atoms with Crippen molar-refractivity contribution in [1.29, 1.82) is 0 Å². The predicted octanol–water partition coefficient (Wildman–Crippen LogP) is 4.65. The summed E-state index contributed by atoms with van der Waals surface area (Å²) in [5.74, 6) is 1.16. The summed E-state index contributed by atoms with van der Waals surface area (Å²) < 4.78 is 33.6. The average molecular weight is 396 g/mol. The molecule has 27 heavy (non-hydrogen) atoms. The number of nitrogens with zero attached hydrogens (tertiary/aromatic N) is 1. The second kappa shape index (κ2) is 7.48. The number of hydrogen-bond donors (Lipinski definition) is 1. The smallest absolute Gasteiger partial charge is 0.234 e. The van der Waals surface area contributed by atoms with Crippen LogP contribution in [0.3, 0.4) is 0 Å². The van der Waals surface area contributed by atoms with Gasteiger partial charge < -0.3 is 4.42 Å². The highest BCUT2D eigenvalue weighted by molar-refractivity contribution is 7.92. The Morgan fingerprint density at radius 2 is 1.78 bits per heavy atom. The number of benzene rings is 2. The van der Waals surface area contributed by atoms with Crippen molar-refractivity contribution in [3.63, 3.8) is 0 Å². The number of fused-ring (bicyclic) bond motifs is 1. The summed E-state index contributed by atoms with van der Waals surface area (Å²) >= 11 is 1.54. The lowest BCUT2D eigenvalue weighted by Gasteiger charge is -2.00. The van der Waals surface area contributed by atoms with Crippen LogP contribution in [-0.4, -0.2) is 13.4 Å². The zero-order valence-electron chi connectivity index (χ0n) is 14.2. The third-order valence-corrected chi connectivity index (χ3v) is 5.95. The molecule has 5 nitrogen and oxygen atoms in total. The van der Waals surface area contributed by atoms with E-state index in [4.69, 9.17) is 4.42 Å². The Bertz CT molecular complexity index is 1160. The van der Waals surface area contributed by atoms with Crippen LogP contribution in [0.2, 0.25) is 0 Å². The number of rotatable bonds is 6. The van der Waals surface area contributed by atoms with E-state index in [2.05, 4.69) is 9.71 Å². The zero-order valence-corrected chi connectivity index (χ0v) is 15.8. The molecule has 4 rings (SSSR count). The molecule has 0 saturated carbocycles. The minimum Gasteiger partial charge on any atom is -0.457 e. The van der Waals surface area contributed by atoms with E-state index >= 15 is 0 Å². The maximum absolute atomic E-state index is 12.1. The van der Waals surface area contributed by atoms with Gasteiger partial charge in [-0.15, -0.1) is 11.3 Å². The number of hydrogen-bond acceptors (Lipinski definition) is 5. The highest BCUT2D eigenvalue weighted by atomic mass is 32.2. The number of nitrogens with one attached hydrogen (secondary N) is 1. The topological polar surface area (TPSA) is 72.2 Å². The van der Waals surface area contributed by atoms with Crippen molar-refractivity contribution in [2.75, 3.05) is 0 Å². The molecular weight excluding hydrogens is 380 g/mol. The van der Waals surface area contributed by atoms with E-state index in [9.17, 15) is 8.42 Å². The molecule has 0 aliphatic rings. The first-order chi connectivity index (χ1) is 13.1. The standard InChI is InChI=1S/C20H16N2O3S2/c23-27(24,13-12-15-6-2-1-3-7-15)21-14-16-10-11-18(25-16)20-22-17-8-4-5-9-19(17)26-20/h1-13,21H,14H2/b13-12+. The summed E-state index contributed by atoms with van der Waals surface area (Å²) in [6.07, 6.45) is 1.55. The van der Waals surface area contributed by atoms with E-state index in [0.29, 0.717) is 11.5 Å². The fourth-order valence-electron chi connectivity index (χ4n) is 2.52. The second-order valence-electron chi connectivity index (χ2n) is 5.83. The van der Waals surface area contributed by atoms with Crippen LogP contribution < -0.4 is 4.72 Å². The third kappa shape index (κ3) is 4.33. The van der Waals surface area contributed by atoms with Gasteiger partial charge in [-0.05, 0) is 35.9 Å². The van der Waals surface area contributed by atoms with Crippen molar-refractivity contribution in [2.24, 2.45) is 0 Å². The highest BCUT2D eigenvalue weighted by Crippen LogP contribution is 2.31. The average Bonchev–Trinajstić information content (AvgIpc) is 3.32. The van der Waals surface area contributed by atoms with E-state index in [1.807, 2.05) is 54.6 Å². The van der Waals surface area contributed by atoms with Crippen molar-refractivity contribution < 1.29 is 12.8 Å². The zero-order chi connectivity index (χ0) is 18.7. The number of sulfonamides is 1. The van der Waals surface area contributed by atoms with Crippen LogP contribution in [0.15, 0.2) is 76.6 Å². The molecule has 0 aliphatic carbocycles. The lowest BCUT2D eigenvalue weighted by molar-refractivity contribution is 0.511. The van der Waals surface area contributed by atoms with Crippen LogP contribution in [0.5, 0.6) is 0 Å². The van der Waals surface area contributed by atoms with Gasteiger partial charge >= 0.3 is 0 Å². The number of aromatic nitrogens is 1. The Balaban J connectivity index is 1.44. The summed E-state index contributed by atoms with van der Waals surface area (Å²) in [6.45, 7) is 0.0758. The largest absolute Gasteiger partial charge is 0.457 e. The molecule has 2 heterocycles. The van der Waals surface area contributed by atoms with Crippen molar-refractivity contribution in [1.82, 2.24) is 9.71 Å². The van der Waals surface area contributed by atoms with Crippen molar-refractivity contribution >= 4 is 37.7 Å². The van der Waals surface area contributed by atoms with Crippen LogP contribution in [0.4, 0.5) is 0 Å². The van der Waals surface area contributed by atoms with Crippen LogP contribution in [0, 0.1) is 0 Å². The first-order valence-corrected chi connectivity index (χ1v) is 10.6. The molecule has 2 aromatic carbocycles. The quantitative estimate of drug-likeness (QED) is 0.515. The van der Waals surface area contributed by atoms with Gasteiger partial charge in [0.1, 0.15) is 5.76 Å². The van der Waals surface area contributed by atoms with E-state index in [1.54, 1.807) is 18.2 Å². The van der Waals surface area contributed by atoms with Gasteiger partial charge in [0, 0.05) is 5.41 Å². The minimum atomic E-state index is -3.56. The summed E-state index contributed by atoms with van der Waals surface area (Å²) in [6, 6.07) is 20.7. The Hall–Kier alpha value is -2.74. The van der Waals surface area contributed by atoms with E-state index in [1.165, 1.54) is 11.3 Å². The van der Waals surface area contributed by atoms with E-state index in [0.717, 1.165) is 26.2 Å². The van der Waals surface area contributed by atoms with Crippen LogP contribution in [-0.2, 0) is 16.6 Å². The van der Waals surface area contributed by atoms with Crippen molar-refractivity contribution in [3.8, 4) is 10.8 Å². The Labute approximate surface area is 161 Å². The molecule has 1 N–H and O–H groups in total. The molecule has 7 heteroatoms. The Kier molecular flexibility index (Phi) is 4.89. The van der Waals surface area contributed by atoms with Gasteiger partial charge in [0.05, 0.1) is 16.8 Å². The molecule has 136 valence electrons. The lowest BCUT2D eigenvalue weighted by Crippen LogP contribution is -2.20. The summed E-state index contributed by atoms with van der Waals surface area (Å²) in [4.78, 5) is 4.54. The first-order valence-electron chi connectivity index (χ1n) is 8.26. The van der Waals surface area contributed by atoms with Gasteiger partial charge in [-0.25, -0.2) is 18.1 Å². The molecule has 0 radical (unpaired) electrons. The van der Waals surface area contributed by atoms with Gasteiger partial charge in [0.15, 0.2) is 10.8 Å². The van der Waals surface area contributed by atoms with Crippen molar-refractivity contribution in [2.45, 2.75) is 6.54 Å². The molecule has 0 saturated heterocycles. The van der Waals surface area contributed by atoms with Gasteiger partial charge in [-0.1, -0.05) is 42.5 Å². The summed E-state index contributed by atoms with van der Waals surface area (Å²) in [5.41, 5.74) is 1.74. The number of para-hydroxylation sites is 1. The Morgan fingerprint density at radius 1 is 1.00 bits per heavy atom. The predicted molar refractivity (Wildman–Crippen MR) is 109 cm³/mol. The maximum Gasteiger partial charge on any atom is 0.234 e. The van der Waals surface area contributed by atoms with Gasteiger partial charge in [-0.3, -0.25) is 0 Å². The molecule has 0 fully saturated rings. The number of furan rings is 1. The monoisotopic (exact) mass is 396 g/mol. The highest BCUT2D eigenvalue weighted by Gasteiger charge is 2.12. The SMILES string of the molecule is O=S(=O)(/C=C/c1ccccc1)NCc1ccc(-c2nc3ccccc3s2)o1.